The van der Waals surface area contributed by atoms with Crippen molar-refractivity contribution < 1.29 is 23.2 Å². The molecule has 0 saturated heterocycles. The van der Waals surface area contributed by atoms with Crippen LogP contribution in [0.5, 0.6) is 0 Å². The number of rotatable bonds is 7. The number of halogens is 2. The third-order valence-electron chi connectivity index (χ3n) is 5.56. The van der Waals surface area contributed by atoms with Crippen LogP contribution in [0.15, 0.2) is 24.3 Å². The van der Waals surface area contributed by atoms with Crippen LogP contribution in [0.2, 0.25) is 0 Å². The molecule has 1 fully saturated rings. The Morgan fingerprint density at radius 3 is 2.29 bits per heavy atom. The van der Waals surface area contributed by atoms with E-state index in [9.17, 15) is 14.5 Å². The maximum absolute atomic E-state index is 15.9. The molecule has 0 aromatic heterocycles. The number of carboxylic acids is 1. The molecule has 3 rings (SSSR count). The first kappa shape index (κ1) is 23.7. The lowest BCUT2D eigenvalue weighted by atomic mass is 9.88. The summed E-state index contributed by atoms with van der Waals surface area (Å²) in [5, 5.41) is 9.42. The van der Waals surface area contributed by atoms with Gasteiger partial charge in [-0.2, -0.15) is 0 Å². The second-order valence-electron chi connectivity index (χ2n) is 9.25. The van der Waals surface area contributed by atoms with Gasteiger partial charge in [-0.25, -0.2) is 8.78 Å². The van der Waals surface area contributed by atoms with Crippen molar-refractivity contribution in [3.05, 3.63) is 58.2 Å². The SMILES string of the molecule is Cc1cccc(C)c1-c1cc(C2CC2)c(F)c([C@H](CC(=O)O)N[S@+]([O-])C(C)(C)C)c1F. The maximum Gasteiger partial charge on any atom is 0.305 e. The fourth-order valence-corrected chi connectivity index (χ4v) is 4.59. The van der Waals surface area contributed by atoms with E-state index in [1.807, 2.05) is 32.0 Å². The molecule has 1 saturated carbocycles. The largest absolute Gasteiger partial charge is 0.598 e. The van der Waals surface area contributed by atoms with Gasteiger partial charge in [0.1, 0.15) is 16.4 Å². The van der Waals surface area contributed by atoms with Crippen LogP contribution < -0.4 is 4.72 Å². The van der Waals surface area contributed by atoms with E-state index in [0.29, 0.717) is 11.1 Å². The summed E-state index contributed by atoms with van der Waals surface area (Å²) >= 11 is -1.71. The van der Waals surface area contributed by atoms with E-state index < -0.39 is 46.2 Å². The lowest BCUT2D eigenvalue weighted by Crippen LogP contribution is -2.42. The molecular formula is C24H29F2NO3S. The normalized spacial score (nSPS) is 16.3. The summed E-state index contributed by atoms with van der Waals surface area (Å²) in [5.74, 6) is -2.78. The van der Waals surface area contributed by atoms with Crippen LogP contribution in [-0.4, -0.2) is 20.4 Å². The molecule has 0 spiro atoms. The van der Waals surface area contributed by atoms with Crippen LogP contribution in [0.25, 0.3) is 11.1 Å². The summed E-state index contributed by atoms with van der Waals surface area (Å²) in [6, 6.07) is 5.91. The molecule has 0 amide bonds. The summed E-state index contributed by atoms with van der Waals surface area (Å²) in [7, 11) is 0. The average molecular weight is 450 g/mol. The van der Waals surface area contributed by atoms with Gasteiger partial charge in [0.15, 0.2) is 0 Å². The van der Waals surface area contributed by atoms with Gasteiger partial charge in [0.05, 0.1) is 12.5 Å². The molecular weight excluding hydrogens is 420 g/mol. The van der Waals surface area contributed by atoms with Gasteiger partial charge in [-0.15, -0.1) is 4.72 Å². The molecule has 7 heteroatoms. The van der Waals surface area contributed by atoms with Crippen LogP contribution in [0, 0.1) is 25.5 Å². The van der Waals surface area contributed by atoms with Crippen LogP contribution in [0.4, 0.5) is 8.78 Å². The third kappa shape index (κ3) is 5.10. The van der Waals surface area contributed by atoms with Gasteiger partial charge in [-0.3, -0.25) is 4.79 Å². The molecule has 2 aromatic carbocycles. The molecule has 2 atom stereocenters. The van der Waals surface area contributed by atoms with Crippen LogP contribution >= 0.6 is 0 Å². The maximum atomic E-state index is 15.9. The summed E-state index contributed by atoms with van der Waals surface area (Å²) in [6.45, 7) is 8.86. The smallest absolute Gasteiger partial charge is 0.305 e. The number of aliphatic carboxylic acids is 1. The Bertz CT molecular complexity index is 979. The summed E-state index contributed by atoms with van der Waals surface area (Å²) in [4.78, 5) is 11.5. The van der Waals surface area contributed by atoms with Crippen molar-refractivity contribution in [3.8, 4) is 11.1 Å². The van der Waals surface area contributed by atoms with Crippen molar-refractivity contribution in [2.24, 2.45) is 0 Å². The standard InChI is InChI=1S/C24H29F2NO3S/c1-13-7-6-8-14(2)20(13)17-11-16(15-9-10-15)22(25)21(23(17)26)18(12-19(28)29)27-31(30)24(3,4)5/h6-8,11,15,18,27H,9-10,12H2,1-5H3,(H,28,29)/t18-,31+/m0/s1. The third-order valence-corrected chi connectivity index (χ3v) is 7.17. The van der Waals surface area contributed by atoms with Gasteiger partial charge in [-0.1, -0.05) is 18.2 Å². The first-order valence-electron chi connectivity index (χ1n) is 10.4. The zero-order valence-corrected chi connectivity index (χ0v) is 19.3. The van der Waals surface area contributed by atoms with E-state index in [1.54, 1.807) is 26.8 Å². The average Bonchev–Trinajstić information content (AvgIpc) is 3.47. The molecule has 4 nitrogen and oxygen atoms in total. The Balaban J connectivity index is 2.24. The zero-order valence-electron chi connectivity index (χ0n) is 18.5. The first-order chi connectivity index (χ1) is 14.4. The quantitative estimate of drug-likeness (QED) is 0.533. The van der Waals surface area contributed by atoms with Crippen molar-refractivity contribution in [2.75, 3.05) is 0 Å². The Kier molecular flexibility index (Phi) is 6.79. The van der Waals surface area contributed by atoms with Gasteiger partial charge in [-0.05, 0) is 81.7 Å². The number of carbonyl (C=O) groups is 1. The predicted octanol–water partition coefficient (Wildman–Crippen LogP) is 5.69. The van der Waals surface area contributed by atoms with E-state index in [-0.39, 0.29) is 17.0 Å². The van der Waals surface area contributed by atoms with E-state index in [1.165, 1.54) is 0 Å². The van der Waals surface area contributed by atoms with Crippen LogP contribution in [-0.2, 0) is 16.2 Å². The number of carboxylic acid groups (broad SMARTS) is 1. The highest BCUT2D eigenvalue weighted by Crippen LogP contribution is 2.46. The number of benzene rings is 2. The predicted molar refractivity (Wildman–Crippen MR) is 119 cm³/mol. The Morgan fingerprint density at radius 2 is 1.81 bits per heavy atom. The minimum absolute atomic E-state index is 0.0129. The Hall–Kier alpha value is -1.96. The number of hydrogen-bond donors (Lipinski definition) is 2. The molecule has 31 heavy (non-hydrogen) atoms. The fraction of sp³-hybridized carbons (Fsp3) is 0.458. The van der Waals surface area contributed by atoms with Crippen molar-refractivity contribution >= 4 is 17.3 Å². The Morgan fingerprint density at radius 1 is 1.23 bits per heavy atom. The fourth-order valence-electron chi connectivity index (χ4n) is 3.78. The minimum atomic E-state index is -1.71. The van der Waals surface area contributed by atoms with Gasteiger partial charge < -0.3 is 9.66 Å². The zero-order chi connectivity index (χ0) is 23.1. The van der Waals surface area contributed by atoms with Crippen molar-refractivity contribution in [1.82, 2.24) is 4.72 Å². The molecule has 1 aliphatic carbocycles. The Labute approximate surface area is 185 Å². The summed E-state index contributed by atoms with van der Waals surface area (Å²) in [5.41, 5.74) is 2.68. The van der Waals surface area contributed by atoms with Gasteiger partial charge in [0, 0.05) is 22.5 Å². The minimum Gasteiger partial charge on any atom is -0.598 e. The number of aryl methyl sites for hydroxylation is 2. The van der Waals surface area contributed by atoms with Crippen LogP contribution in [0.3, 0.4) is 0 Å². The van der Waals surface area contributed by atoms with E-state index >= 15 is 8.78 Å². The topological polar surface area (TPSA) is 72.4 Å². The molecule has 2 N–H and O–H groups in total. The number of nitrogens with one attached hydrogen (secondary N) is 1. The second kappa shape index (κ2) is 8.88. The van der Waals surface area contributed by atoms with Gasteiger partial charge >= 0.3 is 5.97 Å². The van der Waals surface area contributed by atoms with Crippen LogP contribution in [0.1, 0.15) is 74.2 Å². The highest BCUT2D eigenvalue weighted by molar-refractivity contribution is 7.90. The monoisotopic (exact) mass is 449 g/mol. The highest BCUT2D eigenvalue weighted by atomic mass is 32.2. The van der Waals surface area contributed by atoms with Gasteiger partial charge in [0.25, 0.3) is 0 Å². The van der Waals surface area contributed by atoms with E-state index in [2.05, 4.69) is 4.72 Å². The molecule has 1 aliphatic rings. The van der Waals surface area contributed by atoms with Crippen molar-refractivity contribution in [2.45, 2.75) is 70.6 Å². The molecule has 2 aromatic rings. The molecule has 0 heterocycles. The molecule has 0 bridgehead atoms. The molecule has 168 valence electrons. The van der Waals surface area contributed by atoms with Crippen molar-refractivity contribution in [1.29, 1.82) is 0 Å². The summed E-state index contributed by atoms with van der Waals surface area (Å²) < 4.78 is 46.2. The summed E-state index contributed by atoms with van der Waals surface area (Å²) in [6.07, 6.45) is 1.02. The lowest BCUT2D eigenvalue weighted by molar-refractivity contribution is -0.137. The van der Waals surface area contributed by atoms with E-state index in [4.69, 9.17) is 0 Å². The van der Waals surface area contributed by atoms with Gasteiger partial charge in [0.2, 0.25) is 0 Å². The second-order valence-corrected chi connectivity index (χ2v) is 11.2. The highest BCUT2D eigenvalue weighted by Gasteiger charge is 2.37. The van der Waals surface area contributed by atoms with E-state index in [0.717, 1.165) is 24.0 Å². The van der Waals surface area contributed by atoms with Crippen molar-refractivity contribution in [3.63, 3.8) is 0 Å². The molecule has 0 aliphatic heterocycles. The molecule has 0 unspecified atom stereocenters. The lowest BCUT2D eigenvalue weighted by Gasteiger charge is -2.28. The number of hydrogen-bond acceptors (Lipinski definition) is 3. The molecule has 0 radical (unpaired) electrons. The first-order valence-corrected chi connectivity index (χ1v) is 11.5.